The van der Waals surface area contributed by atoms with Gasteiger partial charge in [-0.15, -0.1) is 0 Å². The second-order valence-electron chi connectivity index (χ2n) is 5.28. The first-order valence-corrected chi connectivity index (χ1v) is 6.20. The van der Waals surface area contributed by atoms with Crippen LogP contribution in [0.25, 0.3) is 0 Å². The second-order valence-corrected chi connectivity index (χ2v) is 5.28. The number of phenolic OH excluding ortho intramolecular Hbond substituents is 1. The van der Waals surface area contributed by atoms with Gasteiger partial charge in [0.2, 0.25) is 0 Å². The molecule has 4 heteroatoms. The van der Waals surface area contributed by atoms with E-state index in [9.17, 15) is 15.0 Å². The molecule has 1 saturated heterocycles. The third kappa shape index (κ3) is 2.64. The number of phenols is 1. The molecule has 0 amide bonds. The Morgan fingerprint density at radius 1 is 1.44 bits per heavy atom. The Morgan fingerprint density at radius 2 is 2.17 bits per heavy atom. The van der Waals surface area contributed by atoms with E-state index in [1.165, 1.54) is 6.92 Å². The highest BCUT2D eigenvalue weighted by Crippen LogP contribution is 2.29. The van der Waals surface area contributed by atoms with E-state index in [1.54, 1.807) is 12.1 Å². The number of benzene rings is 1. The van der Waals surface area contributed by atoms with Crippen LogP contribution in [0, 0.1) is 0 Å². The van der Waals surface area contributed by atoms with Crippen LogP contribution in [0.3, 0.4) is 0 Å². The third-order valence-corrected chi connectivity index (χ3v) is 3.40. The molecule has 18 heavy (non-hydrogen) atoms. The van der Waals surface area contributed by atoms with E-state index in [1.807, 2.05) is 17.9 Å². The molecule has 1 fully saturated rings. The molecule has 1 heterocycles. The molecule has 4 nitrogen and oxygen atoms in total. The number of rotatable bonds is 2. The first-order valence-electron chi connectivity index (χ1n) is 6.20. The molecule has 1 atom stereocenters. The van der Waals surface area contributed by atoms with Crippen molar-refractivity contribution in [2.24, 2.45) is 0 Å². The van der Waals surface area contributed by atoms with Gasteiger partial charge in [-0.1, -0.05) is 0 Å². The zero-order valence-electron chi connectivity index (χ0n) is 10.8. The molecular formula is C14H19NO3. The Hall–Kier alpha value is -1.55. The summed E-state index contributed by atoms with van der Waals surface area (Å²) in [6.45, 7) is 4.66. The maximum atomic E-state index is 11.2. The number of aromatic hydroxyl groups is 1. The van der Waals surface area contributed by atoms with E-state index in [0.717, 1.165) is 25.1 Å². The van der Waals surface area contributed by atoms with Gasteiger partial charge in [-0.2, -0.15) is 0 Å². The van der Waals surface area contributed by atoms with Gasteiger partial charge in [0.15, 0.2) is 5.78 Å². The number of ketones is 1. The fraction of sp³-hybridized carbons (Fsp3) is 0.500. The summed E-state index contributed by atoms with van der Waals surface area (Å²) in [5, 5.41) is 19.9. The summed E-state index contributed by atoms with van der Waals surface area (Å²) in [7, 11) is 0. The molecule has 0 saturated carbocycles. The van der Waals surface area contributed by atoms with E-state index in [-0.39, 0.29) is 11.5 Å². The van der Waals surface area contributed by atoms with E-state index < -0.39 is 5.60 Å². The minimum absolute atomic E-state index is 0.00483. The molecule has 0 aliphatic carbocycles. The van der Waals surface area contributed by atoms with Crippen molar-refractivity contribution in [2.45, 2.75) is 32.3 Å². The molecule has 0 bridgehead atoms. The Kier molecular flexibility index (Phi) is 3.30. The van der Waals surface area contributed by atoms with Gasteiger partial charge in [-0.05, 0) is 38.8 Å². The molecule has 0 aromatic heterocycles. The number of anilines is 1. The zero-order chi connectivity index (χ0) is 13.3. The normalized spacial score (nSPS) is 24.1. The molecule has 2 rings (SSSR count). The van der Waals surface area contributed by atoms with Crippen molar-refractivity contribution in [3.8, 4) is 5.75 Å². The van der Waals surface area contributed by atoms with Gasteiger partial charge in [-0.25, -0.2) is 0 Å². The molecule has 2 N–H and O–H groups in total. The van der Waals surface area contributed by atoms with Gasteiger partial charge in [0.25, 0.3) is 0 Å². The molecule has 1 unspecified atom stereocenters. The van der Waals surface area contributed by atoms with Crippen LogP contribution in [0.2, 0.25) is 0 Å². The number of β-amino-alcohol motifs (C(OH)–C–C–N with tert-alkyl or cyclic N) is 1. The van der Waals surface area contributed by atoms with Crippen LogP contribution in [0.5, 0.6) is 5.75 Å². The lowest BCUT2D eigenvalue weighted by Crippen LogP contribution is -2.46. The van der Waals surface area contributed by atoms with Crippen LogP contribution in [0.1, 0.15) is 37.0 Å². The highest BCUT2D eigenvalue weighted by atomic mass is 16.3. The SMILES string of the molecule is CC(=O)c1ccc(N2CCCC(C)(O)C2)cc1O. The summed E-state index contributed by atoms with van der Waals surface area (Å²) in [5.74, 6) is -0.144. The van der Waals surface area contributed by atoms with Crippen molar-refractivity contribution < 1.29 is 15.0 Å². The first kappa shape index (κ1) is 12.9. The second kappa shape index (κ2) is 4.61. The number of carbonyl (C=O) groups excluding carboxylic acids is 1. The number of hydrogen-bond acceptors (Lipinski definition) is 4. The summed E-state index contributed by atoms with van der Waals surface area (Å²) in [6, 6.07) is 5.05. The number of aliphatic hydroxyl groups is 1. The summed E-state index contributed by atoms with van der Waals surface area (Å²) in [5.41, 5.74) is 0.493. The van der Waals surface area contributed by atoms with Gasteiger partial charge in [0.1, 0.15) is 5.75 Å². The van der Waals surface area contributed by atoms with E-state index >= 15 is 0 Å². The van der Waals surface area contributed by atoms with Crippen molar-refractivity contribution in [3.63, 3.8) is 0 Å². The average Bonchev–Trinajstić information content (AvgIpc) is 2.27. The van der Waals surface area contributed by atoms with Gasteiger partial charge < -0.3 is 15.1 Å². The Labute approximate surface area is 107 Å². The minimum atomic E-state index is -0.687. The van der Waals surface area contributed by atoms with Gasteiger partial charge in [0.05, 0.1) is 11.2 Å². The molecule has 1 aliphatic rings. The van der Waals surface area contributed by atoms with Crippen molar-refractivity contribution in [3.05, 3.63) is 23.8 Å². The topological polar surface area (TPSA) is 60.8 Å². The summed E-state index contributed by atoms with van der Waals surface area (Å²) < 4.78 is 0. The highest BCUT2D eigenvalue weighted by Gasteiger charge is 2.28. The fourth-order valence-corrected chi connectivity index (χ4v) is 2.45. The van der Waals surface area contributed by atoms with Gasteiger partial charge >= 0.3 is 0 Å². The maximum Gasteiger partial charge on any atom is 0.163 e. The van der Waals surface area contributed by atoms with Crippen LogP contribution in [-0.4, -0.2) is 34.7 Å². The summed E-state index contributed by atoms with van der Waals surface area (Å²) in [4.78, 5) is 13.3. The minimum Gasteiger partial charge on any atom is -0.507 e. The highest BCUT2D eigenvalue weighted by molar-refractivity contribution is 5.97. The Balaban J connectivity index is 2.24. The molecule has 1 aromatic carbocycles. The number of Topliss-reactive ketones (excluding diaryl/α,β-unsaturated/α-hetero) is 1. The molecule has 1 aliphatic heterocycles. The number of nitrogens with zero attached hydrogens (tertiary/aromatic N) is 1. The van der Waals surface area contributed by atoms with Crippen LogP contribution >= 0.6 is 0 Å². The molecule has 1 aromatic rings. The lowest BCUT2D eigenvalue weighted by molar-refractivity contribution is 0.0449. The lowest BCUT2D eigenvalue weighted by atomic mass is 9.94. The van der Waals surface area contributed by atoms with E-state index in [4.69, 9.17) is 0 Å². The third-order valence-electron chi connectivity index (χ3n) is 3.40. The van der Waals surface area contributed by atoms with Crippen molar-refractivity contribution in [2.75, 3.05) is 18.0 Å². The maximum absolute atomic E-state index is 11.2. The number of hydrogen-bond donors (Lipinski definition) is 2. The van der Waals surface area contributed by atoms with Gasteiger partial charge in [0, 0.05) is 24.8 Å². The van der Waals surface area contributed by atoms with Gasteiger partial charge in [-0.3, -0.25) is 4.79 Å². The summed E-state index contributed by atoms with van der Waals surface area (Å²) in [6.07, 6.45) is 1.71. The summed E-state index contributed by atoms with van der Waals surface area (Å²) >= 11 is 0. The number of carbonyl (C=O) groups is 1. The predicted molar refractivity (Wildman–Crippen MR) is 70.2 cm³/mol. The number of piperidine rings is 1. The fourth-order valence-electron chi connectivity index (χ4n) is 2.45. The van der Waals surface area contributed by atoms with Crippen LogP contribution < -0.4 is 4.90 Å². The van der Waals surface area contributed by atoms with Crippen molar-refractivity contribution >= 4 is 11.5 Å². The monoisotopic (exact) mass is 249 g/mol. The Morgan fingerprint density at radius 3 is 2.72 bits per heavy atom. The first-order chi connectivity index (χ1) is 8.39. The van der Waals surface area contributed by atoms with Crippen molar-refractivity contribution in [1.82, 2.24) is 0 Å². The standard InChI is InChI=1S/C14H19NO3/c1-10(16)12-5-4-11(8-13(12)17)15-7-3-6-14(2,18)9-15/h4-5,8,17-18H,3,6-7,9H2,1-2H3. The largest absolute Gasteiger partial charge is 0.507 e. The van der Waals surface area contributed by atoms with E-state index in [2.05, 4.69) is 0 Å². The predicted octanol–water partition coefficient (Wildman–Crippen LogP) is 1.95. The quantitative estimate of drug-likeness (QED) is 0.786. The molecular weight excluding hydrogens is 230 g/mol. The molecule has 0 radical (unpaired) electrons. The van der Waals surface area contributed by atoms with E-state index in [0.29, 0.717) is 12.1 Å². The molecule has 0 spiro atoms. The van der Waals surface area contributed by atoms with Crippen LogP contribution in [-0.2, 0) is 0 Å². The van der Waals surface area contributed by atoms with Crippen LogP contribution in [0.4, 0.5) is 5.69 Å². The smallest absolute Gasteiger partial charge is 0.163 e. The lowest BCUT2D eigenvalue weighted by Gasteiger charge is -2.38. The zero-order valence-corrected chi connectivity index (χ0v) is 10.8. The van der Waals surface area contributed by atoms with Crippen molar-refractivity contribution in [1.29, 1.82) is 0 Å². The Bertz CT molecular complexity index is 468. The van der Waals surface area contributed by atoms with Crippen LogP contribution in [0.15, 0.2) is 18.2 Å². The average molecular weight is 249 g/mol. The molecule has 98 valence electrons.